The maximum atomic E-state index is 12.9. The van der Waals surface area contributed by atoms with E-state index in [0.717, 1.165) is 29.8 Å². The van der Waals surface area contributed by atoms with Crippen LogP contribution in [0, 0.1) is 11.7 Å². The van der Waals surface area contributed by atoms with Crippen molar-refractivity contribution in [1.29, 1.82) is 0 Å². The van der Waals surface area contributed by atoms with E-state index < -0.39 is 0 Å². The normalized spacial score (nSPS) is 20.5. The lowest BCUT2D eigenvalue weighted by Crippen LogP contribution is -2.15. The Morgan fingerprint density at radius 3 is 2.64 bits per heavy atom. The summed E-state index contributed by atoms with van der Waals surface area (Å²) < 4.78 is 14.9. The van der Waals surface area contributed by atoms with Crippen LogP contribution < -0.4 is 0 Å². The van der Waals surface area contributed by atoms with Crippen molar-refractivity contribution in [3.05, 3.63) is 42.3 Å². The Kier molecular flexibility index (Phi) is 4.57. The van der Waals surface area contributed by atoms with Gasteiger partial charge in [0.1, 0.15) is 5.82 Å². The first-order valence-corrected chi connectivity index (χ1v) is 8.09. The maximum Gasteiger partial charge on any atom is 0.123 e. The zero-order chi connectivity index (χ0) is 15.5. The largest absolute Gasteiger partial charge is 0.306 e. The molecule has 1 aromatic heterocycles. The number of rotatable bonds is 7. The number of hydrogen-bond acceptors (Lipinski definition) is 2. The summed E-state index contributed by atoms with van der Waals surface area (Å²) in [6.07, 6.45) is 7.14. The van der Waals surface area contributed by atoms with Gasteiger partial charge in [0, 0.05) is 24.3 Å². The van der Waals surface area contributed by atoms with Gasteiger partial charge in [0.15, 0.2) is 0 Å². The minimum absolute atomic E-state index is 0.209. The number of aryl methyl sites for hydroxylation is 1. The molecule has 4 heteroatoms. The first kappa shape index (κ1) is 15.2. The highest BCUT2D eigenvalue weighted by molar-refractivity contribution is 5.58. The smallest absolute Gasteiger partial charge is 0.123 e. The van der Waals surface area contributed by atoms with Crippen LogP contribution >= 0.6 is 0 Å². The van der Waals surface area contributed by atoms with Crippen LogP contribution in [0.1, 0.15) is 25.7 Å². The molecule has 2 aromatic rings. The van der Waals surface area contributed by atoms with E-state index >= 15 is 0 Å². The lowest BCUT2D eigenvalue weighted by molar-refractivity contribution is 0.368. The van der Waals surface area contributed by atoms with E-state index in [2.05, 4.69) is 24.1 Å². The summed E-state index contributed by atoms with van der Waals surface area (Å²) in [4.78, 5) is 2.34. The molecule has 0 N–H and O–H groups in total. The molecule has 1 aliphatic rings. The van der Waals surface area contributed by atoms with Crippen molar-refractivity contribution in [2.45, 2.75) is 38.3 Å². The van der Waals surface area contributed by atoms with Crippen LogP contribution in [0.3, 0.4) is 0 Å². The molecule has 0 aliphatic heterocycles. The molecular weight excluding hydrogens is 277 g/mol. The molecule has 118 valence electrons. The van der Waals surface area contributed by atoms with E-state index in [9.17, 15) is 4.39 Å². The van der Waals surface area contributed by atoms with E-state index in [0.29, 0.717) is 0 Å². The summed E-state index contributed by atoms with van der Waals surface area (Å²) in [5.41, 5.74) is 1.88. The predicted octanol–water partition coefficient (Wildman–Crippen LogP) is 3.81. The summed E-state index contributed by atoms with van der Waals surface area (Å²) in [7, 11) is 4.34. The molecule has 1 heterocycles. The van der Waals surface area contributed by atoms with Gasteiger partial charge < -0.3 is 4.90 Å². The summed E-state index contributed by atoms with van der Waals surface area (Å²) >= 11 is 0. The number of unbranched alkanes of at least 4 members (excludes halogenated alkanes) is 1. The molecular formula is C18H24FN3. The fraction of sp³-hybridized carbons (Fsp3) is 0.500. The highest BCUT2D eigenvalue weighted by Gasteiger charge is 2.37. The fourth-order valence-electron chi connectivity index (χ4n) is 3.12. The van der Waals surface area contributed by atoms with Crippen LogP contribution in [0.2, 0.25) is 0 Å². The Morgan fingerprint density at radius 2 is 1.95 bits per heavy atom. The average molecular weight is 301 g/mol. The Labute approximate surface area is 131 Å². The molecule has 2 unspecified atom stereocenters. The van der Waals surface area contributed by atoms with Crippen molar-refractivity contribution in [2.75, 3.05) is 14.1 Å². The van der Waals surface area contributed by atoms with Gasteiger partial charge in [-0.2, -0.15) is 5.10 Å². The molecule has 2 atom stereocenters. The number of nitrogens with zero attached hydrogens (tertiary/aromatic N) is 3. The first-order valence-electron chi connectivity index (χ1n) is 8.09. The van der Waals surface area contributed by atoms with Gasteiger partial charge in [-0.15, -0.1) is 0 Å². The zero-order valence-corrected chi connectivity index (χ0v) is 13.4. The summed E-state index contributed by atoms with van der Waals surface area (Å²) in [5, 5.41) is 4.57. The van der Waals surface area contributed by atoms with Gasteiger partial charge in [-0.1, -0.05) is 6.42 Å². The van der Waals surface area contributed by atoms with Crippen LogP contribution in [0.15, 0.2) is 36.5 Å². The van der Waals surface area contributed by atoms with Gasteiger partial charge in [-0.25, -0.2) is 4.39 Å². The van der Waals surface area contributed by atoms with Crippen LogP contribution in [0.25, 0.3) is 11.3 Å². The average Bonchev–Trinajstić information content (AvgIpc) is 3.14. The summed E-state index contributed by atoms with van der Waals surface area (Å²) in [5.74, 6) is 0.696. The minimum atomic E-state index is -0.209. The SMILES string of the molecule is CN(C)C1CC1CCCCn1ccc(-c2ccc(F)cc2)n1. The minimum Gasteiger partial charge on any atom is -0.306 e. The Bertz CT molecular complexity index is 603. The lowest BCUT2D eigenvalue weighted by Gasteiger charge is -2.08. The van der Waals surface area contributed by atoms with Crippen LogP contribution in [0.5, 0.6) is 0 Å². The second kappa shape index (κ2) is 6.61. The highest BCUT2D eigenvalue weighted by Crippen LogP contribution is 2.38. The van der Waals surface area contributed by atoms with E-state index in [1.54, 1.807) is 12.1 Å². The number of benzene rings is 1. The molecule has 3 nitrogen and oxygen atoms in total. The van der Waals surface area contributed by atoms with Gasteiger partial charge >= 0.3 is 0 Å². The molecule has 3 rings (SSSR count). The molecule has 1 aromatic carbocycles. The van der Waals surface area contributed by atoms with Crippen molar-refractivity contribution in [1.82, 2.24) is 14.7 Å². The monoisotopic (exact) mass is 301 g/mol. The second-order valence-corrected chi connectivity index (χ2v) is 6.49. The van der Waals surface area contributed by atoms with E-state index in [1.807, 2.05) is 16.9 Å². The van der Waals surface area contributed by atoms with Gasteiger partial charge in [-0.3, -0.25) is 4.68 Å². The van der Waals surface area contributed by atoms with E-state index in [-0.39, 0.29) is 5.82 Å². The molecule has 1 saturated carbocycles. The quantitative estimate of drug-likeness (QED) is 0.725. The fourth-order valence-corrected chi connectivity index (χ4v) is 3.12. The molecule has 22 heavy (non-hydrogen) atoms. The molecule has 0 bridgehead atoms. The predicted molar refractivity (Wildman–Crippen MR) is 87.1 cm³/mol. The highest BCUT2D eigenvalue weighted by atomic mass is 19.1. The van der Waals surface area contributed by atoms with E-state index in [4.69, 9.17) is 0 Å². The van der Waals surface area contributed by atoms with E-state index in [1.165, 1.54) is 37.8 Å². The number of aromatic nitrogens is 2. The van der Waals surface area contributed by atoms with Gasteiger partial charge in [0.2, 0.25) is 0 Å². The third kappa shape index (κ3) is 3.74. The lowest BCUT2D eigenvalue weighted by atomic mass is 10.1. The molecule has 0 spiro atoms. The van der Waals surface area contributed by atoms with Gasteiger partial charge in [-0.05, 0) is 69.6 Å². The first-order chi connectivity index (χ1) is 10.6. The second-order valence-electron chi connectivity index (χ2n) is 6.49. The summed E-state index contributed by atoms with van der Waals surface area (Å²) in [6.45, 7) is 0.959. The van der Waals surface area contributed by atoms with Crippen LogP contribution in [-0.2, 0) is 6.54 Å². The Morgan fingerprint density at radius 1 is 1.18 bits per heavy atom. The third-order valence-corrected chi connectivity index (χ3v) is 4.54. The Balaban J connectivity index is 1.43. The van der Waals surface area contributed by atoms with Crippen LogP contribution in [-0.4, -0.2) is 34.8 Å². The number of hydrogen-bond donors (Lipinski definition) is 0. The Hall–Kier alpha value is -1.68. The van der Waals surface area contributed by atoms with Crippen molar-refractivity contribution in [3.63, 3.8) is 0 Å². The molecule has 1 aliphatic carbocycles. The third-order valence-electron chi connectivity index (χ3n) is 4.54. The molecule has 1 fully saturated rings. The maximum absolute atomic E-state index is 12.9. The standard InChI is InChI=1S/C18H24FN3/c1-21(2)18-13-15(18)5-3-4-11-22-12-10-17(20-22)14-6-8-16(19)9-7-14/h6-10,12,15,18H,3-5,11,13H2,1-2H3. The van der Waals surface area contributed by atoms with Crippen molar-refractivity contribution >= 4 is 0 Å². The molecule has 0 saturated heterocycles. The van der Waals surface area contributed by atoms with Crippen LogP contribution in [0.4, 0.5) is 4.39 Å². The van der Waals surface area contributed by atoms with Crippen molar-refractivity contribution in [3.8, 4) is 11.3 Å². The molecule has 0 radical (unpaired) electrons. The van der Waals surface area contributed by atoms with Gasteiger partial charge in [0.05, 0.1) is 5.69 Å². The van der Waals surface area contributed by atoms with Crippen molar-refractivity contribution in [2.24, 2.45) is 5.92 Å². The zero-order valence-electron chi connectivity index (χ0n) is 13.4. The topological polar surface area (TPSA) is 21.1 Å². The number of halogens is 1. The van der Waals surface area contributed by atoms with Crippen molar-refractivity contribution < 1.29 is 4.39 Å². The van der Waals surface area contributed by atoms with Gasteiger partial charge in [0.25, 0.3) is 0 Å². The molecule has 0 amide bonds. The summed E-state index contributed by atoms with van der Waals surface area (Å²) in [6, 6.07) is 9.31.